The van der Waals surface area contributed by atoms with E-state index in [1.165, 1.54) is 0 Å². The number of aromatic nitrogens is 2. The van der Waals surface area contributed by atoms with Gasteiger partial charge in [-0.1, -0.05) is 11.2 Å². The van der Waals surface area contributed by atoms with Crippen LogP contribution in [0.15, 0.2) is 22.2 Å². The summed E-state index contributed by atoms with van der Waals surface area (Å²) in [6, 6.07) is 0.420. The van der Waals surface area contributed by atoms with Crippen LogP contribution in [0.3, 0.4) is 0 Å². The Balaban J connectivity index is 1.76. The molecule has 0 aromatic carbocycles. The van der Waals surface area contributed by atoms with Crippen molar-refractivity contribution in [2.45, 2.75) is 45.4 Å². The average molecular weight is 350 g/mol. The summed E-state index contributed by atoms with van der Waals surface area (Å²) >= 11 is 0. The monoisotopic (exact) mass is 350 g/mol. The van der Waals surface area contributed by atoms with Crippen LogP contribution in [0, 0.1) is 0 Å². The van der Waals surface area contributed by atoms with Gasteiger partial charge in [-0.05, 0) is 26.7 Å². The summed E-state index contributed by atoms with van der Waals surface area (Å²) in [6.07, 6.45) is 3.97. The zero-order valence-corrected chi connectivity index (χ0v) is 15.5. The largest absolute Gasteiger partial charge is 0.371 e. The Labute approximate surface area is 149 Å². The molecule has 1 unspecified atom stereocenters. The van der Waals surface area contributed by atoms with Gasteiger partial charge in [0.05, 0.1) is 6.54 Å². The van der Waals surface area contributed by atoms with Crippen molar-refractivity contribution in [3.63, 3.8) is 0 Å². The Kier molecular flexibility index (Phi) is 7.87. The molecule has 1 saturated heterocycles. The van der Waals surface area contributed by atoms with Crippen LogP contribution in [0.4, 0.5) is 0 Å². The van der Waals surface area contributed by atoms with Crippen molar-refractivity contribution >= 4 is 5.96 Å². The molecule has 0 aliphatic carbocycles. The number of rotatable bonds is 8. The lowest BCUT2D eigenvalue weighted by molar-refractivity contribution is 0.0683. The minimum atomic E-state index is -0.166. The Morgan fingerprint density at radius 1 is 1.52 bits per heavy atom. The van der Waals surface area contributed by atoms with Crippen molar-refractivity contribution in [3.05, 3.63) is 24.4 Å². The van der Waals surface area contributed by atoms with Crippen LogP contribution in [-0.4, -0.2) is 60.3 Å². The third-order valence-electron chi connectivity index (χ3n) is 4.21. The summed E-state index contributed by atoms with van der Waals surface area (Å²) in [5, 5.41) is 10.6. The highest BCUT2D eigenvalue weighted by molar-refractivity contribution is 5.79. The quantitative estimate of drug-likeness (QED) is 0.417. The fourth-order valence-electron chi connectivity index (χ4n) is 2.82. The first-order valence-corrected chi connectivity index (χ1v) is 8.90. The van der Waals surface area contributed by atoms with Gasteiger partial charge in [-0.25, -0.2) is 0 Å². The summed E-state index contributed by atoms with van der Waals surface area (Å²) < 4.78 is 10.7. The highest BCUT2D eigenvalue weighted by atomic mass is 16.5. The maximum absolute atomic E-state index is 5.46. The minimum absolute atomic E-state index is 0.166. The van der Waals surface area contributed by atoms with Gasteiger partial charge in [0, 0.05) is 39.3 Å². The van der Waals surface area contributed by atoms with Crippen LogP contribution in [0.25, 0.3) is 0 Å². The molecule has 1 fully saturated rings. The van der Waals surface area contributed by atoms with Gasteiger partial charge in [0.1, 0.15) is 6.10 Å². The van der Waals surface area contributed by atoms with Crippen molar-refractivity contribution in [2.24, 2.45) is 4.99 Å². The van der Waals surface area contributed by atoms with E-state index in [9.17, 15) is 0 Å². The zero-order valence-electron chi connectivity index (χ0n) is 15.5. The Morgan fingerprint density at radius 3 is 2.92 bits per heavy atom. The van der Waals surface area contributed by atoms with Crippen LogP contribution >= 0.6 is 0 Å². The second-order valence-electron chi connectivity index (χ2n) is 6.08. The van der Waals surface area contributed by atoms with Gasteiger partial charge < -0.3 is 19.9 Å². The van der Waals surface area contributed by atoms with Gasteiger partial charge >= 0.3 is 0 Å². The van der Waals surface area contributed by atoms with Crippen molar-refractivity contribution in [1.29, 1.82) is 0 Å². The number of hydrogen-bond acceptors (Lipinski definition) is 6. The van der Waals surface area contributed by atoms with E-state index in [2.05, 4.69) is 37.2 Å². The maximum Gasteiger partial charge on any atom is 0.246 e. The lowest BCUT2D eigenvalue weighted by Gasteiger charge is -2.32. The second kappa shape index (κ2) is 10.1. The molecule has 1 aliphatic rings. The predicted octanol–water partition coefficient (Wildman–Crippen LogP) is 1.48. The number of guanidine groups is 1. The summed E-state index contributed by atoms with van der Waals surface area (Å²) in [5.41, 5.74) is 0. The van der Waals surface area contributed by atoms with Gasteiger partial charge in [-0.2, -0.15) is 4.98 Å². The molecule has 0 saturated carbocycles. The van der Waals surface area contributed by atoms with E-state index >= 15 is 0 Å². The second-order valence-corrected chi connectivity index (χ2v) is 6.08. The summed E-state index contributed by atoms with van der Waals surface area (Å²) in [7, 11) is 1.76. The number of aliphatic imine (C=N–C) groups is 1. The number of ether oxygens (including phenoxy) is 1. The molecule has 1 atom stereocenters. The molecule has 8 nitrogen and oxygen atoms in total. The van der Waals surface area contributed by atoms with Crippen LogP contribution in [0.2, 0.25) is 0 Å². The smallest absolute Gasteiger partial charge is 0.246 e. The van der Waals surface area contributed by atoms with Crippen LogP contribution in [0.1, 0.15) is 44.5 Å². The van der Waals surface area contributed by atoms with E-state index in [0.29, 0.717) is 30.9 Å². The molecule has 0 spiro atoms. The van der Waals surface area contributed by atoms with Crippen molar-refractivity contribution in [2.75, 3.05) is 33.3 Å². The highest BCUT2D eigenvalue weighted by Gasteiger charge is 2.19. The van der Waals surface area contributed by atoms with Crippen molar-refractivity contribution < 1.29 is 9.26 Å². The van der Waals surface area contributed by atoms with E-state index in [0.717, 1.165) is 38.4 Å². The molecule has 25 heavy (non-hydrogen) atoms. The number of likely N-dealkylation sites (tertiary alicyclic amines) is 1. The first kappa shape index (κ1) is 19.4. The normalized spacial score (nSPS) is 18.1. The molecule has 0 radical (unpaired) electrons. The van der Waals surface area contributed by atoms with E-state index < -0.39 is 0 Å². The molecule has 0 amide bonds. The molecule has 0 bridgehead atoms. The first-order chi connectivity index (χ1) is 12.2. The number of hydrogen-bond donors (Lipinski definition) is 2. The molecule has 8 heteroatoms. The van der Waals surface area contributed by atoms with Gasteiger partial charge in [0.2, 0.25) is 5.89 Å². The average Bonchev–Trinajstić information content (AvgIpc) is 3.09. The van der Waals surface area contributed by atoms with Crippen molar-refractivity contribution in [3.8, 4) is 0 Å². The molecule has 1 aliphatic heterocycles. The van der Waals surface area contributed by atoms with E-state index in [-0.39, 0.29) is 6.10 Å². The molecule has 140 valence electrons. The fourth-order valence-corrected chi connectivity index (χ4v) is 2.82. The van der Waals surface area contributed by atoms with Crippen molar-refractivity contribution in [1.82, 2.24) is 25.7 Å². The van der Waals surface area contributed by atoms with Crippen LogP contribution in [-0.2, 0) is 11.3 Å². The van der Waals surface area contributed by atoms with Crippen LogP contribution < -0.4 is 10.6 Å². The summed E-state index contributed by atoms with van der Waals surface area (Å²) in [4.78, 5) is 11.0. The van der Waals surface area contributed by atoms with Gasteiger partial charge in [0.25, 0.3) is 0 Å². The SMILES string of the molecule is C=CCN1CCC(NC(=NC)NCc2nc(C(C)OCC)no2)CC1. The third-order valence-corrected chi connectivity index (χ3v) is 4.21. The molecular weight excluding hydrogens is 320 g/mol. The molecule has 2 rings (SSSR count). The van der Waals surface area contributed by atoms with Gasteiger partial charge in [-0.15, -0.1) is 6.58 Å². The van der Waals surface area contributed by atoms with Crippen LogP contribution in [0.5, 0.6) is 0 Å². The summed E-state index contributed by atoms with van der Waals surface area (Å²) in [5.74, 6) is 1.83. The highest BCUT2D eigenvalue weighted by Crippen LogP contribution is 2.13. The number of piperidine rings is 1. The van der Waals surface area contributed by atoms with E-state index in [1.54, 1.807) is 7.05 Å². The Bertz CT molecular complexity index is 551. The Morgan fingerprint density at radius 2 is 2.28 bits per heavy atom. The number of nitrogens with one attached hydrogen (secondary N) is 2. The Hall–Kier alpha value is -1.93. The third kappa shape index (κ3) is 6.13. The molecule has 1 aromatic rings. The topological polar surface area (TPSA) is 87.8 Å². The predicted molar refractivity (Wildman–Crippen MR) is 97.3 cm³/mol. The van der Waals surface area contributed by atoms with Gasteiger partial charge in [-0.3, -0.25) is 9.89 Å². The van der Waals surface area contributed by atoms with E-state index in [1.807, 2.05) is 19.9 Å². The molecular formula is C17H30N6O2. The summed E-state index contributed by atoms with van der Waals surface area (Å²) in [6.45, 7) is 11.8. The molecule has 1 aromatic heterocycles. The number of nitrogens with zero attached hydrogens (tertiary/aromatic N) is 4. The molecule has 2 N–H and O–H groups in total. The lowest BCUT2D eigenvalue weighted by Crippen LogP contribution is -2.48. The minimum Gasteiger partial charge on any atom is -0.371 e. The zero-order chi connectivity index (χ0) is 18.1. The van der Waals surface area contributed by atoms with Gasteiger partial charge in [0.15, 0.2) is 11.8 Å². The maximum atomic E-state index is 5.46. The first-order valence-electron chi connectivity index (χ1n) is 8.90. The lowest BCUT2D eigenvalue weighted by atomic mass is 10.1. The standard InChI is InChI=1S/C17H30N6O2/c1-5-9-23-10-7-14(8-11-23)20-17(18-4)19-12-15-21-16(22-25-15)13(3)24-6-2/h5,13-14H,1,6-12H2,2-4H3,(H2,18,19,20). The van der Waals surface area contributed by atoms with E-state index in [4.69, 9.17) is 9.26 Å². The molecule has 2 heterocycles. The fraction of sp³-hybridized carbons (Fsp3) is 0.706.